The molecule has 214 valence electrons. The van der Waals surface area contributed by atoms with E-state index in [-0.39, 0.29) is 24.4 Å². The third kappa shape index (κ3) is 5.38. The van der Waals surface area contributed by atoms with Crippen molar-refractivity contribution in [2.24, 2.45) is 0 Å². The predicted molar refractivity (Wildman–Crippen MR) is 154 cm³/mol. The summed E-state index contributed by atoms with van der Waals surface area (Å²) in [5.74, 6) is 0.339. The largest absolute Gasteiger partial charge is 0.389 e. The number of rotatable bonds is 8. The zero-order valence-corrected chi connectivity index (χ0v) is 24.3. The molecular formula is C27H29FN8O3S2. The number of hydrogen-bond donors (Lipinski definition) is 1. The Bertz CT molecular complexity index is 1600. The number of aromatic nitrogens is 4. The van der Waals surface area contributed by atoms with E-state index >= 15 is 0 Å². The summed E-state index contributed by atoms with van der Waals surface area (Å²) in [6.07, 6.45) is 1.95. The number of aliphatic hydroxyl groups is 1. The Morgan fingerprint density at radius 1 is 1.24 bits per heavy atom. The van der Waals surface area contributed by atoms with Crippen molar-refractivity contribution >= 4 is 49.6 Å². The van der Waals surface area contributed by atoms with Crippen LogP contribution in [0.15, 0.2) is 24.3 Å². The number of nitriles is 1. The van der Waals surface area contributed by atoms with Crippen LogP contribution in [0.4, 0.5) is 20.5 Å². The van der Waals surface area contributed by atoms with Crippen molar-refractivity contribution in [3.05, 3.63) is 40.7 Å². The van der Waals surface area contributed by atoms with Crippen LogP contribution >= 0.6 is 22.7 Å². The van der Waals surface area contributed by atoms with E-state index in [9.17, 15) is 19.6 Å². The Hall–Kier alpha value is -3.64. The molecule has 11 nitrogen and oxygen atoms in total. The molecule has 0 radical (unpaired) electrons. The molecule has 0 bridgehead atoms. The Morgan fingerprint density at radius 2 is 2.02 bits per heavy atom. The minimum Gasteiger partial charge on any atom is -0.389 e. The number of benzene rings is 1. The molecule has 0 aliphatic carbocycles. The molecule has 0 saturated carbocycles. The van der Waals surface area contributed by atoms with E-state index < -0.39 is 6.10 Å². The van der Waals surface area contributed by atoms with Gasteiger partial charge in [-0.1, -0.05) is 29.6 Å². The van der Waals surface area contributed by atoms with E-state index in [1.807, 2.05) is 23.4 Å². The molecule has 1 amide bonds. The summed E-state index contributed by atoms with van der Waals surface area (Å²) in [7, 11) is 1.88. The SMILES string of the molecule is CCc1nc2sc(N3CCC[C@H](OCC(=O)N4CC(O)C4)C3)nn2c1N(C)c1nc(-c2ccc(F)cc2)c(C#N)s1. The first-order valence-corrected chi connectivity index (χ1v) is 15.1. The number of thiazole rings is 1. The Labute approximate surface area is 244 Å². The lowest BCUT2D eigenvalue weighted by molar-refractivity contribution is -0.148. The number of imidazole rings is 1. The summed E-state index contributed by atoms with van der Waals surface area (Å²) in [6.45, 7) is 4.25. The van der Waals surface area contributed by atoms with Crippen LogP contribution < -0.4 is 9.80 Å². The van der Waals surface area contributed by atoms with Gasteiger partial charge in [-0.25, -0.2) is 14.4 Å². The monoisotopic (exact) mass is 596 g/mol. The number of nitrogens with zero attached hydrogens (tertiary/aromatic N) is 8. The third-order valence-corrected chi connectivity index (χ3v) is 9.33. The lowest BCUT2D eigenvalue weighted by atomic mass is 10.1. The maximum atomic E-state index is 13.5. The lowest BCUT2D eigenvalue weighted by Gasteiger charge is -2.37. The number of aliphatic hydroxyl groups excluding tert-OH is 1. The van der Waals surface area contributed by atoms with Gasteiger partial charge in [0.05, 0.1) is 17.9 Å². The fourth-order valence-electron chi connectivity index (χ4n) is 5.08. The molecule has 0 spiro atoms. The van der Waals surface area contributed by atoms with Gasteiger partial charge in [-0.05, 0) is 43.5 Å². The van der Waals surface area contributed by atoms with Gasteiger partial charge >= 0.3 is 0 Å². The first-order valence-electron chi connectivity index (χ1n) is 13.5. The van der Waals surface area contributed by atoms with E-state index in [1.165, 1.54) is 34.8 Å². The topological polar surface area (TPSA) is 123 Å². The average molecular weight is 597 g/mol. The molecule has 2 aliphatic heterocycles. The summed E-state index contributed by atoms with van der Waals surface area (Å²) in [5.41, 5.74) is 2.06. The zero-order valence-electron chi connectivity index (χ0n) is 22.7. The fraction of sp³-hybridized carbons (Fsp3) is 0.444. The van der Waals surface area contributed by atoms with Gasteiger partial charge in [0.15, 0.2) is 10.9 Å². The zero-order chi connectivity index (χ0) is 28.7. The van der Waals surface area contributed by atoms with E-state index in [0.717, 1.165) is 41.0 Å². The van der Waals surface area contributed by atoms with Gasteiger partial charge in [0.1, 0.15) is 29.1 Å². The lowest BCUT2D eigenvalue weighted by Crippen LogP contribution is -2.55. The Morgan fingerprint density at radius 3 is 2.73 bits per heavy atom. The molecule has 4 aromatic rings. The number of β-amino-alcohol motifs (C(OH)–C–C–N with tert-alkyl or cyclic N) is 1. The molecule has 1 atom stereocenters. The summed E-state index contributed by atoms with van der Waals surface area (Å²) in [6, 6.07) is 8.19. The Balaban J connectivity index is 1.22. The second kappa shape index (κ2) is 11.3. The number of ether oxygens (including phenoxy) is 1. The van der Waals surface area contributed by atoms with Gasteiger partial charge in [-0.3, -0.25) is 4.79 Å². The van der Waals surface area contributed by atoms with Gasteiger partial charge in [0.25, 0.3) is 0 Å². The smallest absolute Gasteiger partial charge is 0.248 e. The number of carbonyl (C=O) groups excluding carboxylic acids is 1. The quantitative estimate of drug-likeness (QED) is 0.326. The minimum absolute atomic E-state index is 0.0135. The molecule has 1 N–H and O–H groups in total. The second-order valence-electron chi connectivity index (χ2n) is 10.1. The summed E-state index contributed by atoms with van der Waals surface area (Å²) >= 11 is 2.76. The molecule has 1 aromatic carbocycles. The van der Waals surface area contributed by atoms with Crippen molar-refractivity contribution in [1.82, 2.24) is 24.5 Å². The number of hydrogen-bond acceptors (Lipinski definition) is 11. The van der Waals surface area contributed by atoms with Crippen molar-refractivity contribution in [2.45, 2.75) is 38.4 Å². The predicted octanol–water partition coefficient (Wildman–Crippen LogP) is 3.44. The number of halogens is 1. The van der Waals surface area contributed by atoms with Crippen LogP contribution in [0.25, 0.3) is 16.2 Å². The van der Waals surface area contributed by atoms with E-state index in [2.05, 4.69) is 11.0 Å². The average Bonchev–Trinajstić information content (AvgIpc) is 3.67. The molecule has 14 heteroatoms. The first-order chi connectivity index (χ1) is 19.8. The molecule has 5 heterocycles. The molecule has 3 aromatic heterocycles. The van der Waals surface area contributed by atoms with Crippen LogP contribution in [0, 0.1) is 17.1 Å². The molecule has 2 aliphatic rings. The van der Waals surface area contributed by atoms with Gasteiger partial charge < -0.3 is 24.5 Å². The first kappa shape index (κ1) is 27.5. The van der Waals surface area contributed by atoms with E-state index in [4.69, 9.17) is 19.8 Å². The normalized spacial score (nSPS) is 17.6. The number of piperidine rings is 1. The standard InChI is InChI=1S/C27H29FN8O3S2/c1-3-20-24(33(2)25-31-23(21(11-29)40-25)16-6-8-17(28)9-7-16)36-26(30-20)41-27(32-36)34-10-4-5-19(14-34)39-15-22(38)35-12-18(37)13-35/h6-9,18-19,37H,3-5,10,12-15H2,1-2H3/t19-/m0/s1. The van der Waals surface area contributed by atoms with Crippen molar-refractivity contribution in [2.75, 3.05) is 49.6 Å². The molecule has 41 heavy (non-hydrogen) atoms. The third-order valence-electron chi connectivity index (χ3n) is 7.32. The van der Waals surface area contributed by atoms with Crippen LogP contribution in [0.5, 0.6) is 0 Å². The molecule has 2 saturated heterocycles. The van der Waals surface area contributed by atoms with Crippen molar-refractivity contribution in [3.63, 3.8) is 0 Å². The van der Waals surface area contributed by atoms with Crippen LogP contribution in [-0.2, 0) is 16.0 Å². The summed E-state index contributed by atoms with van der Waals surface area (Å²) < 4.78 is 21.3. The summed E-state index contributed by atoms with van der Waals surface area (Å²) in [4.78, 5) is 28.8. The van der Waals surface area contributed by atoms with Gasteiger partial charge in [-0.15, -0.1) is 5.10 Å². The number of anilines is 3. The van der Waals surface area contributed by atoms with Crippen molar-refractivity contribution in [1.29, 1.82) is 5.26 Å². The number of aryl methyl sites for hydroxylation is 1. The van der Waals surface area contributed by atoms with Crippen molar-refractivity contribution in [3.8, 4) is 17.3 Å². The van der Waals surface area contributed by atoms with Crippen LogP contribution in [0.1, 0.15) is 30.3 Å². The highest BCUT2D eigenvalue weighted by atomic mass is 32.1. The van der Waals surface area contributed by atoms with Gasteiger partial charge in [0, 0.05) is 38.8 Å². The molecular weight excluding hydrogens is 567 g/mol. The highest BCUT2D eigenvalue weighted by Crippen LogP contribution is 2.38. The van der Waals surface area contributed by atoms with E-state index in [1.54, 1.807) is 17.0 Å². The van der Waals surface area contributed by atoms with Crippen molar-refractivity contribution < 1.29 is 19.0 Å². The van der Waals surface area contributed by atoms with Crippen LogP contribution in [0.2, 0.25) is 0 Å². The van der Waals surface area contributed by atoms with E-state index in [0.29, 0.717) is 47.3 Å². The molecule has 2 fully saturated rings. The maximum absolute atomic E-state index is 13.5. The van der Waals surface area contributed by atoms with Crippen LogP contribution in [-0.4, -0.2) is 87.5 Å². The highest BCUT2D eigenvalue weighted by Gasteiger charge is 2.31. The number of fused-ring (bicyclic) bond motifs is 1. The number of amides is 1. The fourth-order valence-corrected chi connectivity index (χ4v) is 6.88. The van der Waals surface area contributed by atoms with Gasteiger partial charge in [-0.2, -0.15) is 9.78 Å². The van der Waals surface area contributed by atoms with Gasteiger partial charge in [0.2, 0.25) is 16.0 Å². The maximum Gasteiger partial charge on any atom is 0.248 e. The van der Waals surface area contributed by atoms with Crippen LogP contribution in [0.3, 0.4) is 0 Å². The molecule has 6 rings (SSSR count). The highest BCUT2D eigenvalue weighted by molar-refractivity contribution is 7.20. The minimum atomic E-state index is -0.425. The summed E-state index contributed by atoms with van der Waals surface area (Å²) in [5, 5.41) is 25.6. The second-order valence-corrected chi connectivity index (χ2v) is 12.1. The number of likely N-dealkylation sites (tertiary alicyclic amines) is 1. The number of carbonyl (C=O) groups is 1. The molecule has 0 unspecified atom stereocenters. The Kier molecular flexibility index (Phi) is 7.60.